The quantitative estimate of drug-likeness (QED) is 0.737. The fourth-order valence-electron chi connectivity index (χ4n) is 1.80. The third-order valence-electron chi connectivity index (χ3n) is 2.70. The van der Waals surface area contributed by atoms with Crippen molar-refractivity contribution in [2.24, 2.45) is 0 Å². The first-order valence-corrected chi connectivity index (χ1v) is 5.24. The molecule has 15 heavy (non-hydrogen) atoms. The Morgan fingerprint density at radius 2 is 1.80 bits per heavy atom. The van der Waals surface area contributed by atoms with Crippen LogP contribution in [0.1, 0.15) is 0 Å². The lowest BCUT2D eigenvalue weighted by atomic mass is 10.2. The van der Waals surface area contributed by atoms with E-state index in [0.29, 0.717) is 5.69 Å². The summed E-state index contributed by atoms with van der Waals surface area (Å²) in [4.78, 5) is 13.4. The summed E-state index contributed by atoms with van der Waals surface area (Å²) in [6.07, 6.45) is 0. The molecule has 80 valence electrons. The SMILES string of the molecule is C[N+](=O)c1ccc(N2CCNCC2)cc1. The highest BCUT2D eigenvalue weighted by Crippen LogP contribution is 2.19. The maximum Gasteiger partial charge on any atom is 0.255 e. The molecule has 1 fully saturated rings. The Kier molecular flexibility index (Phi) is 2.97. The van der Waals surface area contributed by atoms with Crippen LogP contribution in [-0.2, 0) is 0 Å². The van der Waals surface area contributed by atoms with Gasteiger partial charge in [-0.1, -0.05) is 0 Å². The topological polar surface area (TPSA) is 35.4 Å². The number of nitrogens with zero attached hydrogens (tertiary/aromatic N) is 2. The molecule has 1 heterocycles. The van der Waals surface area contributed by atoms with Crippen LogP contribution in [0.4, 0.5) is 11.4 Å². The van der Waals surface area contributed by atoms with Gasteiger partial charge in [-0.05, 0) is 12.1 Å². The molecule has 1 saturated heterocycles. The fraction of sp³-hybridized carbons (Fsp3) is 0.455. The van der Waals surface area contributed by atoms with Crippen LogP contribution in [0.15, 0.2) is 24.3 Å². The van der Waals surface area contributed by atoms with E-state index in [-0.39, 0.29) is 0 Å². The highest BCUT2D eigenvalue weighted by Gasteiger charge is 2.12. The molecule has 0 bridgehead atoms. The molecule has 0 aliphatic carbocycles. The van der Waals surface area contributed by atoms with Crippen molar-refractivity contribution in [3.05, 3.63) is 29.2 Å². The molecule has 1 aliphatic heterocycles. The van der Waals surface area contributed by atoms with Gasteiger partial charge in [-0.2, -0.15) is 0 Å². The molecule has 4 nitrogen and oxygen atoms in total. The Morgan fingerprint density at radius 1 is 1.20 bits per heavy atom. The van der Waals surface area contributed by atoms with Crippen molar-refractivity contribution in [1.29, 1.82) is 0 Å². The van der Waals surface area contributed by atoms with Gasteiger partial charge in [0.25, 0.3) is 5.69 Å². The van der Waals surface area contributed by atoms with Gasteiger partial charge in [-0.25, -0.2) is 0 Å². The van der Waals surface area contributed by atoms with E-state index in [0.717, 1.165) is 30.9 Å². The zero-order valence-electron chi connectivity index (χ0n) is 8.94. The van der Waals surface area contributed by atoms with Crippen LogP contribution >= 0.6 is 0 Å². The second kappa shape index (κ2) is 4.40. The average Bonchev–Trinajstić information content (AvgIpc) is 2.30. The summed E-state index contributed by atoms with van der Waals surface area (Å²) in [5.41, 5.74) is 1.90. The largest absolute Gasteiger partial charge is 0.369 e. The lowest BCUT2D eigenvalue weighted by Gasteiger charge is -2.29. The number of nitroso groups, excluding NO2 is 1. The summed E-state index contributed by atoms with van der Waals surface area (Å²) in [6, 6.07) is 7.75. The Morgan fingerprint density at radius 3 is 2.33 bits per heavy atom. The van der Waals surface area contributed by atoms with E-state index in [2.05, 4.69) is 10.2 Å². The molecule has 0 radical (unpaired) electrons. The number of benzene rings is 1. The van der Waals surface area contributed by atoms with Crippen molar-refractivity contribution in [2.45, 2.75) is 0 Å². The van der Waals surface area contributed by atoms with Gasteiger partial charge in [-0.15, -0.1) is 0 Å². The monoisotopic (exact) mass is 206 g/mol. The third kappa shape index (κ3) is 2.33. The lowest BCUT2D eigenvalue weighted by molar-refractivity contribution is -0.428. The molecule has 2 rings (SSSR count). The molecule has 1 aromatic rings. The number of nitrogens with one attached hydrogen (secondary N) is 1. The summed E-state index contributed by atoms with van der Waals surface area (Å²) >= 11 is 0. The van der Waals surface area contributed by atoms with E-state index in [4.69, 9.17) is 0 Å². The molecule has 4 heteroatoms. The van der Waals surface area contributed by atoms with E-state index in [1.54, 1.807) is 0 Å². The van der Waals surface area contributed by atoms with Crippen molar-refractivity contribution in [2.75, 3.05) is 38.1 Å². The van der Waals surface area contributed by atoms with Crippen molar-refractivity contribution in [3.8, 4) is 0 Å². The first-order chi connectivity index (χ1) is 7.27. The molecule has 0 amide bonds. The van der Waals surface area contributed by atoms with E-state index in [1.807, 2.05) is 24.3 Å². The van der Waals surface area contributed by atoms with Gasteiger partial charge >= 0.3 is 0 Å². The minimum atomic E-state index is 0.703. The number of rotatable bonds is 2. The average molecular weight is 206 g/mol. The highest BCUT2D eigenvalue weighted by atomic mass is 16.3. The third-order valence-corrected chi connectivity index (χ3v) is 2.70. The molecular weight excluding hydrogens is 190 g/mol. The van der Waals surface area contributed by atoms with Crippen molar-refractivity contribution in [1.82, 2.24) is 5.32 Å². The molecule has 1 aromatic carbocycles. The number of piperazine rings is 1. The fourth-order valence-corrected chi connectivity index (χ4v) is 1.80. The van der Waals surface area contributed by atoms with Gasteiger partial charge < -0.3 is 10.2 Å². The van der Waals surface area contributed by atoms with E-state index in [9.17, 15) is 4.91 Å². The van der Waals surface area contributed by atoms with Crippen LogP contribution in [0.25, 0.3) is 0 Å². The van der Waals surface area contributed by atoms with Crippen LogP contribution in [0.3, 0.4) is 0 Å². The van der Waals surface area contributed by atoms with E-state index >= 15 is 0 Å². The van der Waals surface area contributed by atoms with Crippen molar-refractivity contribution < 1.29 is 4.76 Å². The van der Waals surface area contributed by atoms with Crippen LogP contribution < -0.4 is 10.2 Å². The van der Waals surface area contributed by atoms with E-state index < -0.39 is 0 Å². The van der Waals surface area contributed by atoms with Gasteiger partial charge in [0.1, 0.15) is 0 Å². The molecule has 0 atom stereocenters. The van der Waals surface area contributed by atoms with Crippen molar-refractivity contribution in [3.63, 3.8) is 0 Å². The molecule has 0 unspecified atom stereocenters. The second-order valence-electron chi connectivity index (χ2n) is 3.75. The maximum atomic E-state index is 11.0. The second-order valence-corrected chi connectivity index (χ2v) is 3.75. The molecule has 1 N–H and O–H groups in total. The summed E-state index contributed by atoms with van der Waals surface area (Å²) < 4.78 is 0.877. The summed E-state index contributed by atoms with van der Waals surface area (Å²) in [5, 5.41) is 3.31. The summed E-state index contributed by atoms with van der Waals surface area (Å²) in [7, 11) is 1.51. The van der Waals surface area contributed by atoms with Gasteiger partial charge in [0.15, 0.2) is 7.05 Å². The number of anilines is 1. The summed E-state index contributed by atoms with van der Waals surface area (Å²) in [5.74, 6) is 0. The zero-order valence-corrected chi connectivity index (χ0v) is 8.94. The molecule has 1 aliphatic rings. The van der Waals surface area contributed by atoms with Crippen LogP contribution in [0, 0.1) is 4.91 Å². The van der Waals surface area contributed by atoms with E-state index in [1.165, 1.54) is 12.7 Å². The Balaban J connectivity index is 2.11. The number of hydrogen-bond donors (Lipinski definition) is 1. The van der Waals surface area contributed by atoms with Gasteiger partial charge in [0.2, 0.25) is 0 Å². The highest BCUT2D eigenvalue weighted by molar-refractivity contribution is 5.51. The van der Waals surface area contributed by atoms with Crippen molar-refractivity contribution >= 4 is 11.4 Å². The standard InChI is InChI=1S/C11H16N3O/c1-13(15)10-2-4-11(5-3-10)14-8-6-12-7-9-14/h2-5,12H,6-9H2,1H3/q+1. The first kappa shape index (κ1) is 10.1. The van der Waals surface area contributed by atoms with Crippen LogP contribution in [0.2, 0.25) is 0 Å². The van der Waals surface area contributed by atoms with Gasteiger partial charge in [-0.3, -0.25) is 0 Å². The molecular formula is C11H16N3O+. The first-order valence-electron chi connectivity index (χ1n) is 5.24. The molecule has 0 spiro atoms. The Bertz CT molecular complexity index is 341. The summed E-state index contributed by atoms with van der Waals surface area (Å²) in [6.45, 7) is 4.13. The number of hydrogen-bond acceptors (Lipinski definition) is 3. The molecule has 0 saturated carbocycles. The predicted molar refractivity (Wildman–Crippen MR) is 60.7 cm³/mol. The normalized spacial score (nSPS) is 16.5. The Hall–Kier alpha value is -1.42. The van der Waals surface area contributed by atoms with Crippen LogP contribution in [-0.4, -0.2) is 38.0 Å². The van der Waals surface area contributed by atoms with Gasteiger partial charge in [0, 0.05) is 53.7 Å². The minimum absolute atomic E-state index is 0.703. The predicted octanol–water partition coefficient (Wildman–Crippen LogP) is 1.14. The Labute approximate surface area is 89.5 Å². The minimum Gasteiger partial charge on any atom is -0.369 e. The van der Waals surface area contributed by atoms with Gasteiger partial charge in [0.05, 0.1) is 0 Å². The zero-order chi connectivity index (χ0) is 10.7. The van der Waals surface area contributed by atoms with Crippen LogP contribution in [0.5, 0.6) is 0 Å². The smallest absolute Gasteiger partial charge is 0.255 e. The molecule has 0 aromatic heterocycles. The lowest BCUT2D eigenvalue weighted by Crippen LogP contribution is -2.43. The maximum absolute atomic E-state index is 11.0.